The van der Waals surface area contributed by atoms with Crippen molar-refractivity contribution in [2.75, 3.05) is 18.0 Å². The average molecular weight is 254 g/mol. The Hall–Kier alpha value is -1.16. The Morgan fingerprint density at radius 3 is 2.29 bits per heavy atom. The van der Waals surface area contributed by atoms with E-state index in [0.717, 1.165) is 23.5 Å². The van der Waals surface area contributed by atoms with Crippen molar-refractivity contribution in [3.8, 4) is 0 Å². The van der Waals surface area contributed by atoms with E-state index in [4.69, 9.17) is 0 Å². The van der Waals surface area contributed by atoms with Crippen molar-refractivity contribution in [1.82, 2.24) is 9.97 Å². The van der Waals surface area contributed by atoms with Gasteiger partial charge in [0.05, 0.1) is 12.4 Å². The van der Waals surface area contributed by atoms with Crippen molar-refractivity contribution in [2.45, 2.75) is 0 Å². The van der Waals surface area contributed by atoms with E-state index < -0.39 is 0 Å². The zero-order valence-corrected chi connectivity index (χ0v) is 9.44. The molecule has 3 nitrogen and oxygen atoms in total. The largest absolute Gasteiger partial charge is 0.348 e. The number of nitrogens with zero attached hydrogens (tertiary/aromatic N) is 3. The lowest BCUT2D eigenvalue weighted by atomic mass is 10.4. The van der Waals surface area contributed by atoms with Crippen LogP contribution in [0.3, 0.4) is 0 Å². The fraction of sp³-hybridized carbons (Fsp3) is 0.200. The summed E-state index contributed by atoms with van der Waals surface area (Å²) < 4.78 is 0.735. The van der Waals surface area contributed by atoms with E-state index in [1.807, 2.05) is 17.1 Å². The van der Waals surface area contributed by atoms with Gasteiger partial charge in [0.15, 0.2) is 0 Å². The molecule has 14 heavy (non-hydrogen) atoms. The van der Waals surface area contributed by atoms with E-state index in [-0.39, 0.29) is 0 Å². The molecule has 0 bridgehead atoms. The minimum Gasteiger partial charge on any atom is -0.348 e. The highest BCUT2D eigenvalue weighted by molar-refractivity contribution is 9.10. The van der Waals surface area contributed by atoms with Crippen LogP contribution in [0.15, 0.2) is 42.3 Å². The molecule has 0 saturated heterocycles. The van der Waals surface area contributed by atoms with Crippen molar-refractivity contribution in [3.05, 3.63) is 42.3 Å². The molecular formula is C10H12BrN3. The van der Waals surface area contributed by atoms with Crippen LogP contribution in [0.5, 0.6) is 0 Å². The highest BCUT2D eigenvalue weighted by atomic mass is 79.9. The SMILES string of the molecule is C=CCN(CC=C)c1cnc(Br)cn1. The highest BCUT2D eigenvalue weighted by Crippen LogP contribution is 2.11. The van der Waals surface area contributed by atoms with E-state index >= 15 is 0 Å². The molecule has 74 valence electrons. The third kappa shape index (κ3) is 2.96. The first-order valence-corrected chi connectivity index (χ1v) is 5.01. The molecule has 0 aromatic carbocycles. The van der Waals surface area contributed by atoms with Gasteiger partial charge >= 0.3 is 0 Å². The monoisotopic (exact) mass is 253 g/mol. The minimum absolute atomic E-state index is 0.735. The quantitative estimate of drug-likeness (QED) is 0.755. The van der Waals surface area contributed by atoms with Crippen LogP contribution in [0.4, 0.5) is 5.82 Å². The molecule has 0 radical (unpaired) electrons. The molecule has 0 spiro atoms. The van der Waals surface area contributed by atoms with Gasteiger partial charge < -0.3 is 4.90 Å². The van der Waals surface area contributed by atoms with Crippen LogP contribution in [-0.4, -0.2) is 23.1 Å². The van der Waals surface area contributed by atoms with Crippen LogP contribution in [0, 0.1) is 0 Å². The smallest absolute Gasteiger partial charge is 0.147 e. The predicted octanol–water partition coefficient (Wildman–Crippen LogP) is 2.42. The second-order valence-electron chi connectivity index (χ2n) is 2.68. The lowest BCUT2D eigenvalue weighted by molar-refractivity contribution is 0.913. The predicted molar refractivity (Wildman–Crippen MR) is 62.3 cm³/mol. The molecule has 0 aliphatic heterocycles. The second kappa shape index (κ2) is 5.54. The third-order valence-electron chi connectivity index (χ3n) is 1.63. The Balaban J connectivity index is 2.80. The first kappa shape index (κ1) is 10.9. The molecule has 0 amide bonds. The number of rotatable bonds is 5. The van der Waals surface area contributed by atoms with Crippen LogP contribution >= 0.6 is 15.9 Å². The van der Waals surface area contributed by atoms with Crippen LogP contribution in [0.2, 0.25) is 0 Å². The summed E-state index contributed by atoms with van der Waals surface area (Å²) in [5.74, 6) is 0.827. The number of aromatic nitrogens is 2. The van der Waals surface area contributed by atoms with Gasteiger partial charge in [0.25, 0.3) is 0 Å². The molecule has 0 atom stereocenters. The van der Waals surface area contributed by atoms with E-state index in [1.54, 1.807) is 12.4 Å². The number of anilines is 1. The summed E-state index contributed by atoms with van der Waals surface area (Å²) in [6.07, 6.45) is 7.05. The second-order valence-corrected chi connectivity index (χ2v) is 3.49. The van der Waals surface area contributed by atoms with Crippen molar-refractivity contribution >= 4 is 21.7 Å². The molecule has 0 unspecified atom stereocenters. The summed E-state index contributed by atoms with van der Waals surface area (Å²) in [4.78, 5) is 10.4. The Morgan fingerprint density at radius 1 is 1.21 bits per heavy atom. The molecule has 1 aromatic rings. The van der Waals surface area contributed by atoms with Gasteiger partial charge in [0.2, 0.25) is 0 Å². The first-order valence-electron chi connectivity index (χ1n) is 4.22. The molecule has 0 saturated carbocycles. The molecule has 0 aliphatic carbocycles. The summed E-state index contributed by atoms with van der Waals surface area (Å²) >= 11 is 3.24. The summed E-state index contributed by atoms with van der Waals surface area (Å²) in [6, 6.07) is 0. The zero-order chi connectivity index (χ0) is 10.4. The van der Waals surface area contributed by atoms with Gasteiger partial charge in [-0.25, -0.2) is 9.97 Å². The molecular weight excluding hydrogens is 242 g/mol. The van der Waals surface area contributed by atoms with E-state index in [9.17, 15) is 0 Å². The minimum atomic E-state index is 0.735. The molecule has 0 fully saturated rings. The van der Waals surface area contributed by atoms with Gasteiger partial charge in [-0.15, -0.1) is 13.2 Å². The molecule has 0 N–H and O–H groups in total. The van der Waals surface area contributed by atoms with E-state index in [0.29, 0.717) is 0 Å². The van der Waals surface area contributed by atoms with E-state index in [2.05, 4.69) is 39.1 Å². The summed E-state index contributed by atoms with van der Waals surface area (Å²) in [5, 5.41) is 0. The van der Waals surface area contributed by atoms with Gasteiger partial charge in [-0.1, -0.05) is 12.2 Å². The number of hydrogen-bond donors (Lipinski definition) is 0. The van der Waals surface area contributed by atoms with Crippen molar-refractivity contribution in [2.24, 2.45) is 0 Å². The third-order valence-corrected chi connectivity index (χ3v) is 2.04. The Labute approximate surface area is 92.3 Å². The Morgan fingerprint density at radius 2 is 1.86 bits per heavy atom. The number of halogens is 1. The van der Waals surface area contributed by atoms with Gasteiger partial charge in [-0.2, -0.15) is 0 Å². The van der Waals surface area contributed by atoms with Crippen molar-refractivity contribution in [1.29, 1.82) is 0 Å². The topological polar surface area (TPSA) is 29.0 Å². The van der Waals surface area contributed by atoms with Crippen LogP contribution in [0.1, 0.15) is 0 Å². The van der Waals surface area contributed by atoms with Crippen molar-refractivity contribution < 1.29 is 0 Å². The zero-order valence-electron chi connectivity index (χ0n) is 7.86. The van der Waals surface area contributed by atoms with E-state index in [1.165, 1.54) is 0 Å². The standard InChI is InChI=1S/C10H12BrN3/c1-3-5-14(6-4-2)10-8-12-9(11)7-13-10/h3-4,7-8H,1-2,5-6H2. The van der Waals surface area contributed by atoms with Gasteiger partial charge in [-0.05, 0) is 15.9 Å². The van der Waals surface area contributed by atoms with Gasteiger partial charge in [0, 0.05) is 13.1 Å². The number of hydrogen-bond acceptors (Lipinski definition) is 3. The molecule has 4 heteroatoms. The maximum Gasteiger partial charge on any atom is 0.147 e. The van der Waals surface area contributed by atoms with Crippen LogP contribution < -0.4 is 4.90 Å². The molecule has 0 aliphatic rings. The summed E-state index contributed by atoms with van der Waals surface area (Å²) in [5.41, 5.74) is 0. The lowest BCUT2D eigenvalue weighted by Gasteiger charge is -2.19. The fourth-order valence-corrected chi connectivity index (χ4v) is 1.25. The van der Waals surface area contributed by atoms with Crippen molar-refractivity contribution in [3.63, 3.8) is 0 Å². The van der Waals surface area contributed by atoms with Crippen LogP contribution in [0.25, 0.3) is 0 Å². The Kier molecular flexibility index (Phi) is 4.32. The molecule has 1 heterocycles. The highest BCUT2D eigenvalue weighted by Gasteiger charge is 2.03. The lowest BCUT2D eigenvalue weighted by Crippen LogP contribution is -2.24. The van der Waals surface area contributed by atoms with Crippen LogP contribution in [-0.2, 0) is 0 Å². The summed E-state index contributed by atoms with van der Waals surface area (Å²) in [7, 11) is 0. The van der Waals surface area contributed by atoms with Gasteiger partial charge in [-0.3, -0.25) is 0 Å². The first-order chi connectivity index (χ1) is 6.77. The fourth-order valence-electron chi connectivity index (χ4n) is 1.04. The average Bonchev–Trinajstić information content (AvgIpc) is 2.19. The molecule has 1 rings (SSSR count). The maximum atomic E-state index is 4.24. The summed E-state index contributed by atoms with van der Waals surface area (Å²) in [6.45, 7) is 8.86. The van der Waals surface area contributed by atoms with Gasteiger partial charge in [0.1, 0.15) is 10.4 Å². The molecule has 1 aromatic heterocycles. The normalized spacial score (nSPS) is 9.50. The maximum absolute atomic E-state index is 4.24. The Bertz CT molecular complexity index is 298.